The van der Waals surface area contributed by atoms with Crippen LogP contribution in [0.25, 0.3) is 0 Å². The van der Waals surface area contributed by atoms with E-state index in [0.29, 0.717) is 0 Å². The SMILES string of the molecule is C=CCC(C)(P(=O)(O)O)P(=O)(O)O. The summed E-state index contributed by atoms with van der Waals surface area (Å²) in [4.78, 5) is 32.7. The minimum absolute atomic E-state index is 0.443. The lowest BCUT2D eigenvalue weighted by Gasteiger charge is -2.29. The van der Waals surface area contributed by atoms with Gasteiger partial charge in [0, 0.05) is 0 Å². The molecule has 0 aliphatic rings. The van der Waals surface area contributed by atoms with E-state index in [1.54, 1.807) is 0 Å². The largest absolute Gasteiger partial charge is 0.343 e. The highest BCUT2D eigenvalue weighted by atomic mass is 31.2. The van der Waals surface area contributed by atoms with Crippen LogP contribution < -0.4 is 0 Å². The molecule has 0 aromatic heterocycles. The van der Waals surface area contributed by atoms with Crippen LogP contribution in [0.3, 0.4) is 0 Å². The topological polar surface area (TPSA) is 115 Å². The summed E-state index contributed by atoms with van der Waals surface area (Å²) in [6.07, 6.45) is 0.625. The van der Waals surface area contributed by atoms with Gasteiger partial charge in [-0.05, 0) is 13.3 Å². The monoisotopic (exact) mass is 230 g/mol. The fraction of sp³-hybridized carbons (Fsp3) is 0.600. The lowest BCUT2D eigenvalue weighted by atomic mass is 10.3. The predicted octanol–water partition coefficient (Wildman–Crippen LogP) is 0.634. The minimum atomic E-state index is -4.86. The van der Waals surface area contributed by atoms with Crippen molar-refractivity contribution in [1.82, 2.24) is 0 Å². The molecule has 0 saturated heterocycles. The summed E-state index contributed by atoms with van der Waals surface area (Å²) in [5.41, 5.74) is 0. The van der Waals surface area contributed by atoms with Crippen molar-refractivity contribution < 1.29 is 28.7 Å². The van der Waals surface area contributed by atoms with Crippen molar-refractivity contribution >= 4 is 15.2 Å². The Bertz CT molecular complexity index is 263. The third-order valence-corrected chi connectivity index (χ3v) is 6.22. The van der Waals surface area contributed by atoms with Crippen molar-refractivity contribution in [3.8, 4) is 0 Å². The van der Waals surface area contributed by atoms with Crippen LogP contribution >= 0.6 is 15.2 Å². The summed E-state index contributed by atoms with van der Waals surface area (Å²) in [7, 11) is -9.72. The molecule has 4 N–H and O–H groups in total. The van der Waals surface area contributed by atoms with Crippen LogP contribution in [0.15, 0.2) is 12.7 Å². The highest BCUT2D eigenvalue weighted by Gasteiger charge is 2.55. The molecule has 0 bridgehead atoms. The van der Waals surface area contributed by atoms with E-state index in [-0.39, 0.29) is 0 Å². The molecule has 0 aromatic carbocycles. The van der Waals surface area contributed by atoms with E-state index in [0.717, 1.165) is 13.0 Å². The fourth-order valence-electron chi connectivity index (χ4n) is 0.681. The molecule has 0 aliphatic heterocycles. The van der Waals surface area contributed by atoms with Gasteiger partial charge < -0.3 is 19.6 Å². The van der Waals surface area contributed by atoms with E-state index in [4.69, 9.17) is 19.6 Å². The van der Waals surface area contributed by atoms with Gasteiger partial charge in [-0.2, -0.15) is 0 Å². The van der Waals surface area contributed by atoms with Crippen LogP contribution in [0.5, 0.6) is 0 Å². The zero-order valence-electron chi connectivity index (χ0n) is 6.99. The number of hydrogen-bond donors (Lipinski definition) is 4. The molecule has 0 fully saturated rings. The Morgan fingerprint density at radius 1 is 1.23 bits per heavy atom. The highest BCUT2D eigenvalue weighted by molar-refractivity contribution is 7.72. The van der Waals surface area contributed by atoms with Gasteiger partial charge in [0.25, 0.3) is 0 Å². The molecule has 13 heavy (non-hydrogen) atoms. The Kier molecular flexibility index (Phi) is 3.67. The Morgan fingerprint density at radius 3 is 1.62 bits per heavy atom. The van der Waals surface area contributed by atoms with E-state index in [1.165, 1.54) is 0 Å². The summed E-state index contributed by atoms with van der Waals surface area (Å²) in [5.74, 6) is 0. The average molecular weight is 230 g/mol. The molecule has 0 aromatic rings. The van der Waals surface area contributed by atoms with Gasteiger partial charge in [0.1, 0.15) is 0 Å². The first-order valence-electron chi connectivity index (χ1n) is 3.28. The van der Waals surface area contributed by atoms with Crippen molar-refractivity contribution in [2.45, 2.75) is 18.2 Å². The second-order valence-electron chi connectivity index (χ2n) is 2.80. The first-order valence-corrected chi connectivity index (χ1v) is 6.51. The van der Waals surface area contributed by atoms with Crippen molar-refractivity contribution in [3.63, 3.8) is 0 Å². The Hall–Kier alpha value is 0.0400. The van der Waals surface area contributed by atoms with E-state index in [2.05, 4.69) is 6.58 Å². The van der Waals surface area contributed by atoms with Gasteiger partial charge in [0.2, 0.25) is 0 Å². The summed E-state index contributed by atoms with van der Waals surface area (Å²) < 4.78 is 21.7. The van der Waals surface area contributed by atoms with Gasteiger partial charge >= 0.3 is 15.2 Å². The summed E-state index contributed by atoms with van der Waals surface area (Å²) >= 11 is 0. The molecule has 0 unspecified atom stereocenters. The fourth-order valence-corrected chi connectivity index (χ4v) is 2.77. The standard InChI is InChI=1S/C5H12O6P2/c1-3-4-5(2,12(6,7)8)13(9,10)11/h3H,1,4H2,2H3,(H2,6,7,8)(H2,9,10,11). The summed E-state index contributed by atoms with van der Waals surface area (Å²) in [5, 5.41) is 0. The molecule has 6 nitrogen and oxygen atoms in total. The maximum atomic E-state index is 10.8. The smallest absolute Gasteiger partial charge is 0.324 e. The maximum absolute atomic E-state index is 10.8. The van der Waals surface area contributed by atoms with Gasteiger partial charge in [-0.15, -0.1) is 6.58 Å². The first kappa shape index (κ1) is 13.0. The lowest BCUT2D eigenvalue weighted by molar-refractivity contribution is 0.313. The van der Waals surface area contributed by atoms with Crippen molar-refractivity contribution in [2.24, 2.45) is 0 Å². The molecule has 0 spiro atoms. The third-order valence-electron chi connectivity index (χ3n) is 1.79. The lowest BCUT2D eigenvalue weighted by Crippen LogP contribution is -2.23. The second kappa shape index (κ2) is 3.65. The zero-order valence-corrected chi connectivity index (χ0v) is 8.78. The van der Waals surface area contributed by atoms with Crippen molar-refractivity contribution in [3.05, 3.63) is 12.7 Å². The molecule has 0 atom stereocenters. The Balaban J connectivity index is 5.34. The maximum Gasteiger partial charge on any atom is 0.343 e. The van der Waals surface area contributed by atoms with Gasteiger partial charge in [-0.3, -0.25) is 9.13 Å². The van der Waals surface area contributed by atoms with Crippen LogP contribution in [0.4, 0.5) is 0 Å². The third kappa shape index (κ3) is 2.50. The highest BCUT2D eigenvalue weighted by Crippen LogP contribution is 2.70. The Morgan fingerprint density at radius 2 is 1.54 bits per heavy atom. The molecular weight excluding hydrogens is 218 g/mol. The normalized spacial score (nSPS) is 14.2. The van der Waals surface area contributed by atoms with Gasteiger partial charge in [-0.1, -0.05) is 6.08 Å². The quantitative estimate of drug-likeness (QED) is 0.416. The molecular formula is C5H12O6P2. The first-order chi connectivity index (χ1) is 5.56. The van der Waals surface area contributed by atoms with E-state index in [9.17, 15) is 9.13 Å². The molecule has 78 valence electrons. The number of rotatable bonds is 4. The molecule has 0 aliphatic carbocycles. The van der Waals surface area contributed by atoms with Crippen LogP contribution in [-0.4, -0.2) is 24.5 Å². The molecule has 8 heteroatoms. The predicted molar refractivity (Wildman–Crippen MR) is 47.3 cm³/mol. The summed E-state index contributed by atoms with van der Waals surface area (Å²) in [6.45, 7) is 4.03. The van der Waals surface area contributed by atoms with Crippen molar-refractivity contribution in [1.29, 1.82) is 0 Å². The van der Waals surface area contributed by atoms with Crippen LogP contribution in [-0.2, 0) is 9.13 Å². The van der Waals surface area contributed by atoms with Crippen molar-refractivity contribution in [2.75, 3.05) is 0 Å². The van der Waals surface area contributed by atoms with E-state index in [1.807, 2.05) is 0 Å². The number of hydrogen-bond acceptors (Lipinski definition) is 2. The summed E-state index contributed by atoms with van der Waals surface area (Å²) in [6, 6.07) is 0. The average Bonchev–Trinajstić information content (AvgIpc) is 1.82. The Labute approximate surface area is 75.6 Å². The zero-order chi connectivity index (χ0) is 10.9. The van der Waals surface area contributed by atoms with Gasteiger partial charge in [0.15, 0.2) is 4.90 Å². The van der Waals surface area contributed by atoms with Gasteiger partial charge in [0.05, 0.1) is 0 Å². The molecule has 0 amide bonds. The van der Waals surface area contributed by atoms with E-state index >= 15 is 0 Å². The molecule has 0 saturated carbocycles. The van der Waals surface area contributed by atoms with Crippen LogP contribution in [0, 0.1) is 0 Å². The molecule has 0 radical (unpaired) electrons. The van der Waals surface area contributed by atoms with Crippen LogP contribution in [0.2, 0.25) is 0 Å². The number of allylic oxidation sites excluding steroid dienone is 1. The van der Waals surface area contributed by atoms with Crippen LogP contribution in [0.1, 0.15) is 13.3 Å². The minimum Gasteiger partial charge on any atom is -0.324 e. The second-order valence-corrected chi connectivity index (χ2v) is 7.30. The molecule has 0 heterocycles. The van der Waals surface area contributed by atoms with E-state index < -0.39 is 26.5 Å². The molecule has 0 rings (SSSR count). The van der Waals surface area contributed by atoms with Gasteiger partial charge in [-0.25, -0.2) is 0 Å².